The minimum Gasteiger partial charge on any atom is -0.444 e. The maximum atomic E-state index is 12.5. The lowest BCUT2D eigenvalue weighted by molar-refractivity contribution is -0.119. The highest BCUT2D eigenvalue weighted by molar-refractivity contribution is 7.15. The van der Waals surface area contributed by atoms with Crippen LogP contribution in [-0.2, 0) is 9.53 Å². The molecule has 0 aromatic carbocycles. The van der Waals surface area contributed by atoms with Gasteiger partial charge in [-0.05, 0) is 52.9 Å². The molecule has 0 aliphatic heterocycles. The van der Waals surface area contributed by atoms with Crippen LogP contribution < -0.4 is 10.6 Å². The average molecular weight is 383 g/mol. The second-order valence-electron chi connectivity index (χ2n) is 7.80. The van der Waals surface area contributed by atoms with E-state index in [0.29, 0.717) is 17.5 Å². The molecule has 0 radical (unpaired) electrons. The number of anilines is 1. The fourth-order valence-corrected chi connectivity index (χ4v) is 4.13. The molecule has 0 saturated heterocycles. The van der Waals surface area contributed by atoms with Crippen LogP contribution in [0.5, 0.6) is 0 Å². The summed E-state index contributed by atoms with van der Waals surface area (Å²) >= 11 is 1.45. The van der Waals surface area contributed by atoms with Gasteiger partial charge in [0.1, 0.15) is 10.6 Å². The summed E-state index contributed by atoms with van der Waals surface area (Å²) in [5, 5.41) is 15.6. The summed E-state index contributed by atoms with van der Waals surface area (Å²) in [5.74, 6) is 0.216. The van der Waals surface area contributed by atoms with Crippen LogP contribution in [0.3, 0.4) is 0 Å². The van der Waals surface area contributed by atoms with Gasteiger partial charge in [0.05, 0.1) is 0 Å². The Morgan fingerprint density at radius 3 is 2.54 bits per heavy atom. The number of alkyl carbamates (subject to hydrolysis) is 1. The zero-order valence-electron chi connectivity index (χ0n) is 16.3. The minimum absolute atomic E-state index is 0.0323. The largest absolute Gasteiger partial charge is 0.444 e. The number of ether oxygens (including phenoxy) is 1. The SMILES string of the molecule is CCC(CC)c1nnc(NC(=O)C2CCC(NC(=O)OC(C)(C)C)C2)s1. The number of nitrogens with one attached hydrogen (secondary N) is 2. The minimum atomic E-state index is -0.524. The summed E-state index contributed by atoms with van der Waals surface area (Å²) < 4.78 is 5.27. The molecule has 2 atom stereocenters. The van der Waals surface area contributed by atoms with Gasteiger partial charge in [0.2, 0.25) is 11.0 Å². The summed E-state index contributed by atoms with van der Waals surface area (Å²) in [4.78, 5) is 24.3. The maximum absolute atomic E-state index is 12.5. The Morgan fingerprint density at radius 1 is 1.23 bits per heavy atom. The molecule has 1 fully saturated rings. The van der Waals surface area contributed by atoms with Gasteiger partial charge in [-0.2, -0.15) is 0 Å². The number of rotatable bonds is 6. The van der Waals surface area contributed by atoms with Gasteiger partial charge in [0.25, 0.3) is 0 Å². The van der Waals surface area contributed by atoms with Gasteiger partial charge in [-0.1, -0.05) is 25.2 Å². The van der Waals surface area contributed by atoms with Gasteiger partial charge < -0.3 is 15.4 Å². The lowest BCUT2D eigenvalue weighted by Crippen LogP contribution is -2.38. The monoisotopic (exact) mass is 382 g/mol. The van der Waals surface area contributed by atoms with E-state index in [1.54, 1.807) is 0 Å². The molecule has 2 amide bonds. The van der Waals surface area contributed by atoms with E-state index in [0.717, 1.165) is 30.7 Å². The highest BCUT2D eigenvalue weighted by Crippen LogP contribution is 2.30. The van der Waals surface area contributed by atoms with E-state index in [-0.39, 0.29) is 17.9 Å². The summed E-state index contributed by atoms with van der Waals surface area (Å²) in [7, 11) is 0. The Bertz CT molecular complexity index is 622. The van der Waals surface area contributed by atoms with E-state index in [1.807, 2.05) is 20.8 Å². The third-order valence-corrected chi connectivity index (χ3v) is 5.53. The van der Waals surface area contributed by atoms with Gasteiger partial charge in [-0.15, -0.1) is 10.2 Å². The van der Waals surface area contributed by atoms with Crippen molar-refractivity contribution in [3.63, 3.8) is 0 Å². The maximum Gasteiger partial charge on any atom is 0.407 e. The van der Waals surface area contributed by atoms with E-state index < -0.39 is 11.7 Å². The van der Waals surface area contributed by atoms with Gasteiger partial charge in [0.15, 0.2) is 0 Å². The molecule has 26 heavy (non-hydrogen) atoms. The van der Waals surface area contributed by atoms with Gasteiger partial charge >= 0.3 is 6.09 Å². The Hall–Kier alpha value is -1.70. The number of carbonyl (C=O) groups excluding carboxylic acids is 2. The average Bonchev–Trinajstić information content (AvgIpc) is 3.16. The first kappa shape index (κ1) is 20.6. The zero-order valence-corrected chi connectivity index (χ0v) is 17.1. The second kappa shape index (κ2) is 8.79. The molecule has 8 heteroatoms. The third-order valence-electron chi connectivity index (χ3n) is 4.53. The Labute approximate surface area is 159 Å². The molecule has 1 saturated carbocycles. The van der Waals surface area contributed by atoms with Crippen molar-refractivity contribution < 1.29 is 14.3 Å². The van der Waals surface area contributed by atoms with E-state index >= 15 is 0 Å². The van der Waals surface area contributed by atoms with E-state index in [9.17, 15) is 9.59 Å². The lowest BCUT2D eigenvalue weighted by Gasteiger charge is -2.21. The van der Waals surface area contributed by atoms with Crippen LogP contribution in [0.25, 0.3) is 0 Å². The van der Waals surface area contributed by atoms with Crippen molar-refractivity contribution in [2.75, 3.05) is 5.32 Å². The first-order valence-electron chi connectivity index (χ1n) is 9.35. The van der Waals surface area contributed by atoms with E-state index in [1.165, 1.54) is 11.3 Å². The molecule has 1 aliphatic carbocycles. The van der Waals surface area contributed by atoms with Crippen molar-refractivity contribution in [2.24, 2.45) is 5.92 Å². The number of aromatic nitrogens is 2. The van der Waals surface area contributed by atoms with Crippen molar-refractivity contribution in [3.05, 3.63) is 5.01 Å². The third kappa shape index (κ3) is 5.93. The second-order valence-corrected chi connectivity index (χ2v) is 8.81. The molecular weight excluding hydrogens is 352 g/mol. The standard InChI is InChI=1S/C18H30N4O3S/c1-6-11(7-2)15-21-22-16(26-15)20-14(23)12-8-9-13(10-12)19-17(24)25-18(3,4)5/h11-13H,6-10H2,1-5H3,(H,19,24)(H,20,22,23). The Morgan fingerprint density at radius 2 is 1.92 bits per heavy atom. The van der Waals surface area contributed by atoms with Crippen molar-refractivity contribution >= 4 is 28.5 Å². The quantitative estimate of drug-likeness (QED) is 0.773. The molecule has 146 valence electrons. The smallest absolute Gasteiger partial charge is 0.407 e. The van der Waals surface area contributed by atoms with Crippen LogP contribution in [0, 0.1) is 5.92 Å². The molecule has 1 aromatic rings. The highest BCUT2D eigenvalue weighted by atomic mass is 32.1. The molecule has 2 N–H and O–H groups in total. The van der Waals surface area contributed by atoms with E-state index in [2.05, 4.69) is 34.7 Å². The van der Waals surface area contributed by atoms with Crippen molar-refractivity contribution in [1.82, 2.24) is 15.5 Å². The normalized spacial score (nSPS) is 20.2. The van der Waals surface area contributed by atoms with Crippen molar-refractivity contribution in [2.45, 2.75) is 84.3 Å². The molecule has 2 rings (SSSR count). The summed E-state index contributed by atoms with van der Waals surface area (Å²) in [6.45, 7) is 9.74. The Balaban J connectivity index is 1.83. The number of carbonyl (C=O) groups is 2. The van der Waals surface area contributed by atoms with E-state index in [4.69, 9.17) is 4.74 Å². The van der Waals surface area contributed by atoms with Gasteiger partial charge in [-0.25, -0.2) is 4.79 Å². The molecular formula is C18H30N4O3S. The van der Waals surface area contributed by atoms with Crippen molar-refractivity contribution in [1.29, 1.82) is 0 Å². The molecule has 1 heterocycles. The molecule has 1 aromatic heterocycles. The number of amides is 2. The van der Waals surface area contributed by atoms with Crippen molar-refractivity contribution in [3.8, 4) is 0 Å². The van der Waals surface area contributed by atoms with Crippen LogP contribution in [0.1, 0.15) is 77.6 Å². The summed E-state index contributed by atoms with van der Waals surface area (Å²) in [6, 6.07) is -0.0323. The number of hydrogen-bond acceptors (Lipinski definition) is 6. The summed E-state index contributed by atoms with van der Waals surface area (Å²) in [5.41, 5.74) is -0.524. The molecule has 7 nitrogen and oxygen atoms in total. The lowest BCUT2D eigenvalue weighted by atomic mass is 10.1. The van der Waals surface area contributed by atoms with Crippen LogP contribution in [0.4, 0.5) is 9.93 Å². The predicted molar refractivity (Wildman–Crippen MR) is 102 cm³/mol. The zero-order chi connectivity index (χ0) is 19.3. The fourth-order valence-electron chi connectivity index (χ4n) is 3.12. The molecule has 0 bridgehead atoms. The van der Waals surface area contributed by atoms with Crippen LogP contribution in [-0.4, -0.2) is 33.8 Å². The molecule has 2 unspecified atom stereocenters. The predicted octanol–water partition coefficient (Wildman–Crippen LogP) is 4.07. The Kier molecular flexibility index (Phi) is 6.97. The number of hydrogen-bond donors (Lipinski definition) is 2. The molecule has 1 aliphatic rings. The topological polar surface area (TPSA) is 93.2 Å². The first-order chi connectivity index (χ1) is 12.2. The summed E-state index contributed by atoms with van der Waals surface area (Å²) in [6.07, 6.45) is 3.72. The van der Waals surface area contributed by atoms with Gasteiger partial charge in [-0.3, -0.25) is 4.79 Å². The van der Waals surface area contributed by atoms with Crippen LogP contribution in [0.2, 0.25) is 0 Å². The highest BCUT2D eigenvalue weighted by Gasteiger charge is 2.32. The van der Waals surface area contributed by atoms with Crippen LogP contribution >= 0.6 is 11.3 Å². The van der Waals surface area contributed by atoms with Gasteiger partial charge in [0, 0.05) is 17.9 Å². The number of nitrogens with zero attached hydrogens (tertiary/aromatic N) is 2. The van der Waals surface area contributed by atoms with Crippen LogP contribution in [0.15, 0.2) is 0 Å². The fraction of sp³-hybridized carbons (Fsp3) is 0.778. The first-order valence-corrected chi connectivity index (χ1v) is 10.2. The molecule has 0 spiro atoms.